The van der Waals surface area contributed by atoms with Crippen LogP contribution in [0.3, 0.4) is 0 Å². The van der Waals surface area contributed by atoms with Gasteiger partial charge in [-0.15, -0.1) is 0 Å². The zero-order valence-corrected chi connectivity index (χ0v) is 13.6. The maximum Gasteiger partial charge on any atom is 0.0891 e. The van der Waals surface area contributed by atoms with Gasteiger partial charge in [0.05, 0.1) is 24.1 Å². The topological polar surface area (TPSA) is 34.1 Å². The lowest BCUT2D eigenvalue weighted by atomic mass is 9.85. The molecule has 118 valence electrons. The minimum atomic E-state index is 0.437. The highest BCUT2D eigenvalue weighted by atomic mass is 16.5. The lowest BCUT2D eigenvalue weighted by Gasteiger charge is -2.28. The maximum absolute atomic E-state index is 6.10. The number of nitrogens with zero attached hydrogens (tertiary/aromatic N) is 1. The Morgan fingerprint density at radius 2 is 2.10 bits per heavy atom. The number of nitrogens with one attached hydrogen (secondary N) is 1. The first kappa shape index (κ1) is 16.4. The largest absolute Gasteiger partial charge is 0.372 e. The van der Waals surface area contributed by atoms with E-state index in [2.05, 4.69) is 42.3 Å². The van der Waals surface area contributed by atoms with Crippen LogP contribution in [0.1, 0.15) is 63.8 Å². The summed E-state index contributed by atoms with van der Waals surface area (Å²) in [4.78, 5) is 4.68. The van der Waals surface area contributed by atoms with Gasteiger partial charge in [-0.1, -0.05) is 39.2 Å². The smallest absolute Gasteiger partial charge is 0.0891 e. The molecule has 0 saturated heterocycles. The molecular formula is C18H30N2O. The molecule has 1 heterocycles. The first-order chi connectivity index (χ1) is 10.3. The van der Waals surface area contributed by atoms with Crippen LogP contribution in [0.4, 0.5) is 0 Å². The van der Waals surface area contributed by atoms with E-state index >= 15 is 0 Å². The van der Waals surface area contributed by atoms with Crippen molar-refractivity contribution in [1.82, 2.24) is 10.3 Å². The molecule has 0 amide bonds. The molecule has 1 N–H and O–H groups in total. The Hall–Kier alpha value is -0.930. The highest BCUT2D eigenvalue weighted by molar-refractivity contribution is 5.10. The highest BCUT2D eigenvalue weighted by Gasteiger charge is 2.21. The van der Waals surface area contributed by atoms with Crippen LogP contribution in [-0.2, 0) is 17.9 Å². The van der Waals surface area contributed by atoms with Gasteiger partial charge in [0.15, 0.2) is 0 Å². The first-order valence-corrected chi connectivity index (χ1v) is 8.59. The van der Waals surface area contributed by atoms with Gasteiger partial charge < -0.3 is 10.1 Å². The first-order valence-electron chi connectivity index (χ1n) is 8.59. The van der Waals surface area contributed by atoms with Crippen molar-refractivity contribution in [3.63, 3.8) is 0 Å². The number of pyridine rings is 1. The van der Waals surface area contributed by atoms with Gasteiger partial charge in [0.25, 0.3) is 0 Å². The summed E-state index contributed by atoms with van der Waals surface area (Å²) in [7, 11) is 0. The molecule has 1 aromatic heterocycles. The third-order valence-electron chi connectivity index (χ3n) is 4.38. The molecular weight excluding hydrogens is 260 g/mol. The summed E-state index contributed by atoms with van der Waals surface area (Å²) in [5.74, 6) is 0.862. The number of aromatic nitrogens is 1. The summed E-state index contributed by atoms with van der Waals surface area (Å²) in [5, 5.41) is 3.39. The zero-order valence-electron chi connectivity index (χ0n) is 13.6. The van der Waals surface area contributed by atoms with Crippen molar-refractivity contribution in [2.75, 3.05) is 6.54 Å². The van der Waals surface area contributed by atoms with Gasteiger partial charge in [-0.2, -0.15) is 0 Å². The summed E-state index contributed by atoms with van der Waals surface area (Å²) < 4.78 is 6.10. The summed E-state index contributed by atoms with van der Waals surface area (Å²) in [6.45, 7) is 7.02. The second kappa shape index (κ2) is 9.16. The number of ether oxygens (including phenoxy) is 1. The Bertz CT molecular complexity index is 408. The van der Waals surface area contributed by atoms with Crippen LogP contribution in [0, 0.1) is 5.92 Å². The number of hydrogen-bond donors (Lipinski definition) is 1. The van der Waals surface area contributed by atoms with Gasteiger partial charge in [-0.3, -0.25) is 4.98 Å². The van der Waals surface area contributed by atoms with E-state index < -0.39 is 0 Å². The molecule has 0 aliphatic heterocycles. The molecule has 0 bridgehead atoms. The molecule has 1 fully saturated rings. The molecule has 2 rings (SSSR count). The van der Waals surface area contributed by atoms with Crippen LogP contribution in [0.5, 0.6) is 0 Å². The normalized spacial score (nSPS) is 22.4. The molecule has 21 heavy (non-hydrogen) atoms. The summed E-state index contributed by atoms with van der Waals surface area (Å²) in [6.07, 6.45) is 8.03. The Balaban J connectivity index is 1.78. The van der Waals surface area contributed by atoms with E-state index in [0.29, 0.717) is 12.7 Å². The third kappa shape index (κ3) is 5.76. The van der Waals surface area contributed by atoms with Crippen molar-refractivity contribution in [1.29, 1.82) is 0 Å². The lowest BCUT2D eigenvalue weighted by molar-refractivity contribution is 0.000287. The fraction of sp³-hybridized carbons (Fsp3) is 0.722. The monoisotopic (exact) mass is 290 g/mol. The SMILES string of the molecule is CCCNCc1cccc(COC2CCCC(CC)C2)n1. The molecule has 2 atom stereocenters. The van der Waals surface area contributed by atoms with Crippen LogP contribution in [0.15, 0.2) is 18.2 Å². The van der Waals surface area contributed by atoms with Crippen molar-refractivity contribution >= 4 is 0 Å². The third-order valence-corrected chi connectivity index (χ3v) is 4.38. The highest BCUT2D eigenvalue weighted by Crippen LogP contribution is 2.28. The molecule has 0 aromatic carbocycles. The van der Waals surface area contributed by atoms with Crippen LogP contribution in [-0.4, -0.2) is 17.6 Å². The van der Waals surface area contributed by atoms with Gasteiger partial charge in [-0.05, 0) is 43.9 Å². The number of rotatable bonds is 8. The van der Waals surface area contributed by atoms with Gasteiger partial charge in [-0.25, -0.2) is 0 Å². The average Bonchev–Trinajstić information content (AvgIpc) is 2.54. The molecule has 0 radical (unpaired) electrons. The molecule has 3 nitrogen and oxygen atoms in total. The standard InChI is InChI=1S/C18H30N2O/c1-3-11-19-13-16-8-6-9-17(20-16)14-21-18-10-5-7-15(4-2)12-18/h6,8-9,15,18-19H,3-5,7,10-14H2,1-2H3. The molecule has 3 heteroatoms. The van der Waals surface area contributed by atoms with Crippen LogP contribution in [0.25, 0.3) is 0 Å². The van der Waals surface area contributed by atoms with Gasteiger partial charge in [0, 0.05) is 6.54 Å². The van der Waals surface area contributed by atoms with Gasteiger partial charge in [0.2, 0.25) is 0 Å². The zero-order chi connectivity index (χ0) is 14.9. The van der Waals surface area contributed by atoms with Crippen LogP contribution in [0.2, 0.25) is 0 Å². The van der Waals surface area contributed by atoms with E-state index in [1.54, 1.807) is 0 Å². The summed E-state index contributed by atoms with van der Waals surface area (Å²) in [5.41, 5.74) is 2.17. The average molecular weight is 290 g/mol. The minimum absolute atomic E-state index is 0.437. The second-order valence-electron chi connectivity index (χ2n) is 6.17. The second-order valence-corrected chi connectivity index (χ2v) is 6.17. The van der Waals surface area contributed by atoms with E-state index in [1.165, 1.54) is 32.1 Å². The Morgan fingerprint density at radius 1 is 1.24 bits per heavy atom. The molecule has 1 aliphatic carbocycles. The van der Waals surface area contributed by atoms with E-state index in [0.717, 1.165) is 36.8 Å². The Morgan fingerprint density at radius 3 is 2.90 bits per heavy atom. The maximum atomic E-state index is 6.10. The van der Waals surface area contributed by atoms with Crippen molar-refractivity contribution in [3.8, 4) is 0 Å². The van der Waals surface area contributed by atoms with Gasteiger partial charge >= 0.3 is 0 Å². The quantitative estimate of drug-likeness (QED) is 0.733. The summed E-state index contributed by atoms with van der Waals surface area (Å²) >= 11 is 0. The minimum Gasteiger partial charge on any atom is -0.372 e. The summed E-state index contributed by atoms with van der Waals surface area (Å²) in [6, 6.07) is 6.24. The van der Waals surface area contributed by atoms with Crippen LogP contribution < -0.4 is 5.32 Å². The molecule has 0 spiro atoms. The molecule has 1 aromatic rings. The number of hydrogen-bond acceptors (Lipinski definition) is 3. The molecule has 1 aliphatic rings. The van der Waals surface area contributed by atoms with Gasteiger partial charge in [0.1, 0.15) is 0 Å². The van der Waals surface area contributed by atoms with Crippen molar-refractivity contribution in [3.05, 3.63) is 29.6 Å². The van der Waals surface area contributed by atoms with E-state index in [-0.39, 0.29) is 0 Å². The van der Waals surface area contributed by atoms with E-state index in [4.69, 9.17) is 4.74 Å². The Kier molecular flexibility index (Phi) is 7.17. The molecule has 1 saturated carbocycles. The van der Waals surface area contributed by atoms with Crippen molar-refractivity contribution in [2.45, 2.75) is 71.6 Å². The lowest BCUT2D eigenvalue weighted by Crippen LogP contribution is -2.22. The van der Waals surface area contributed by atoms with E-state index in [1.807, 2.05) is 0 Å². The van der Waals surface area contributed by atoms with E-state index in [9.17, 15) is 0 Å². The Labute approximate surface area is 129 Å². The van der Waals surface area contributed by atoms with Crippen molar-refractivity contribution in [2.24, 2.45) is 5.92 Å². The predicted molar refractivity (Wildman–Crippen MR) is 87.1 cm³/mol. The fourth-order valence-electron chi connectivity index (χ4n) is 3.07. The van der Waals surface area contributed by atoms with Crippen molar-refractivity contribution < 1.29 is 4.74 Å². The molecule has 2 unspecified atom stereocenters. The predicted octanol–water partition coefficient (Wildman–Crippen LogP) is 4.07. The van der Waals surface area contributed by atoms with Crippen LogP contribution >= 0.6 is 0 Å². The fourth-order valence-corrected chi connectivity index (χ4v) is 3.07.